The number of likely N-dealkylation sites (tertiary alicyclic amines) is 1. The molecule has 0 amide bonds. The first-order chi connectivity index (χ1) is 7.17. The topological polar surface area (TPSA) is 71.1 Å². The first kappa shape index (κ1) is 12.3. The minimum Gasteiger partial charge on any atom is -0.409 e. The van der Waals surface area contributed by atoms with Crippen LogP contribution in [0, 0.1) is 0 Å². The lowest BCUT2D eigenvalue weighted by Gasteiger charge is -2.35. The molecule has 88 valence electrons. The van der Waals surface area contributed by atoms with Crippen LogP contribution in [0.3, 0.4) is 0 Å². The van der Waals surface area contributed by atoms with Gasteiger partial charge in [0.15, 0.2) is 0 Å². The first-order valence-electron chi connectivity index (χ1n) is 5.40. The minimum atomic E-state index is 0.302. The van der Waals surface area contributed by atoms with E-state index in [0.29, 0.717) is 24.4 Å². The molecule has 0 bridgehead atoms. The van der Waals surface area contributed by atoms with Crippen molar-refractivity contribution >= 4 is 5.84 Å². The maximum Gasteiger partial charge on any atom is 0.140 e. The van der Waals surface area contributed by atoms with Crippen LogP contribution in [0.5, 0.6) is 0 Å². The second kappa shape index (κ2) is 5.92. The Morgan fingerprint density at radius 3 is 2.67 bits per heavy atom. The first-order valence-corrected chi connectivity index (χ1v) is 5.40. The van der Waals surface area contributed by atoms with Crippen molar-refractivity contribution in [2.24, 2.45) is 10.9 Å². The van der Waals surface area contributed by atoms with Crippen LogP contribution in [0.4, 0.5) is 0 Å². The monoisotopic (exact) mass is 215 g/mol. The number of ether oxygens (including phenoxy) is 1. The molecule has 1 rings (SSSR count). The molecular weight excluding hydrogens is 194 g/mol. The highest BCUT2D eigenvalue weighted by molar-refractivity contribution is 5.80. The van der Waals surface area contributed by atoms with Gasteiger partial charge in [-0.2, -0.15) is 0 Å². The average Bonchev–Trinajstić information content (AvgIpc) is 2.29. The zero-order valence-electron chi connectivity index (χ0n) is 9.52. The maximum absolute atomic E-state index is 8.49. The molecule has 1 unspecified atom stereocenters. The zero-order chi connectivity index (χ0) is 11.3. The van der Waals surface area contributed by atoms with Crippen LogP contribution < -0.4 is 5.73 Å². The molecule has 1 atom stereocenters. The van der Waals surface area contributed by atoms with Gasteiger partial charge in [0.25, 0.3) is 0 Å². The van der Waals surface area contributed by atoms with Crippen LogP contribution in [-0.2, 0) is 4.74 Å². The molecule has 0 spiro atoms. The Morgan fingerprint density at radius 1 is 1.60 bits per heavy atom. The summed E-state index contributed by atoms with van der Waals surface area (Å²) in [5, 5.41) is 11.5. The van der Waals surface area contributed by atoms with Crippen molar-refractivity contribution in [3.63, 3.8) is 0 Å². The molecule has 3 N–H and O–H groups in total. The van der Waals surface area contributed by atoms with E-state index < -0.39 is 0 Å². The van der Waals surface area contributed by atoms with Crippen LogP contribution in [0.2, 0.25) is 0 Å². The van der Waals surface area contributed by atoms with E-state index in [0.717, 1.165) is 25.9 Å². The number of rotatable bonds is 4. The highest BCUT2D eigenvalue weighted by atomic mass is 16.5. The van der Waals surface area contributed by atoms with Crippen molar-refractivity contribution in [3.8, 4) is 0 Å². The molecular formula is C10H21N3O2. The molecule has 5 heteroatoms. The van der Waals surface area contributed by atoms with Gasteiger partial charge in [-0.05, 0) is 19.8 Å². The Bertz CT molecular complexity index is 213. The predicted octanol–water partition coefficient (Wildman–Crippen LogP) is 0.622. The van der Waals surface area contributed by atoms with E-state index in [-0.39, 0.29) is 0 Å². The van der Waals surface area contributed by atoms with Gasteiger partial charge in [-0.15, -0.1) is 0 Å². The van der Waals surface area contributed by atoms with Crippen molar-refractivity contribution in [1.29, 1.82) is 0 Å². The Labute approximate surface area is 90.9 Å². The van der Waals surface area contributed by atoms with Crippen molar-refractivity contribution in [1.82, 2.24) is 4.90 Å². The number of oxime groups is 1. The predicted molar refractivity (Wildman–Crippen MR) is 59.1 cm³/mol. The zero-order valence-corrected chi connectivity index (χ0v) is 9.52. The lowest BCUT2D eigenvalue weighted by Crippen LogP contribution is -2.43. The van der Waals surface area contributed by atoms with Crippen LogP contribution in [0.1, 0.15) is 26.2 Å². The molecule has 15 heavy (non-hydrogen) atoms. The second-order valence-electron chi connectivity index (χ2n) is 4.12. The number of methoxy groups -OCH3 is 1. The average molecular weight is 215 g/mol. The number of amidine groups is 1. The number of piperidine rings is 1. The summed E-state index contributed by atoms with van der Waals surface area (Å²) in [6.45, 7) is 4.15. The summed E-state index contributed by atoms with van der Waals surface area (Å²) in [6.07, 6.45) is 3.15. The standard InChI is InChI=1S/C10H21N3O2/c1-8(7-10(11)12-14)13-5-3-9(15-2)4-6-13/h8-9,14H,3-7H2,1-2H3,(H2,11,12). The molecule has 5 nitrogen and oxygen atoms in total. The van der Waals surface area contributed by atoms with Gasteiger partial charge in [-0.1, -0.05) is 5.16 Å². The largest absolute Gasteiger partial charge is 0.409 e. The van der Waals surface area contributed by atoms with E-state index in [1.54, 1.807) is 7.11 Å². The van der Waals surface area contributed by atoms with E-state index in [9.17, 15) is 0 Å². The third-order valence-electron chi connectivity index (χ3n) is 3.07. The van der Waals surface area contributed by atoms with Crippen LogP contribution in [0.15, 0.2) is 5.16 Å². The van der Waals surface area contributed by atoms with Crippen molar-refractivity contribution in [2.45, 2.75) is 38.3 Å². The molecule has 1 aliphatic heterocycles. The van der Waals surface area contributed by atoms with Gasteiger partial charge in [0, 0.05) is 32.7 Å². The Morgan fingerprint density at radius 2 is 2.20 bits per heavy atom. The molecule has 1 fully saturated rings. The smallest absolute Gasteiger partial charge is 0.140 e. The Balaban J connectivity index is 2.33. The molecule has 0 aromatic rings. The quantitative estimate of drug-likeness (QED) is 0.312. The molecule has 0 saturated carbocycles. The van der Waals surface area contributed by atoms with E-state index in [4.69, 9.17) is 15.7 Å². The summed E-state index contributed by atoms with van der Waals surface area (Å²) in [7, 11) is 1.76. The summed E-state index contributed by atoms with van der Waals surface area (Å²) in [6, 6.07) is 0.332. The minimum absolute atomic E-state index is 0.302. The fourth-order valence-electron chi connectivity index (χ4n) is 2.02. The second-order valence-corrected chi connectivity index (χ2v) is 4.12. The normalized spacial score (nSPS) is 22.9. The summed E-state index contributed by atoms with van der Waals surface area (Å²) < 4.78 is 5.31. The van der Waals surface area contributed by atoms with Gasteiger partial charge in [0.05, 0.1) is 6.10 Å². The highest BCUT2D eigenvalue weighted by Crippen LogP contribution is 2.16. The molecule has 0 aromatic heterocycles. The van der Waals surface area contributed by atoms with Crippen LogP contribution >= 0.6 is 0 Å². The number of nitrogens with two attached hydrogens (primary N) is 1. The van der Waals surface area contributed by atoms with Gasteiger partial charge in [-0.3, -0.25) is 0 Å². The maximum atomic E-state index is 8.49. The fourth-order valence-corrected chi connectivity index (χ4v) is 2.02. The lowest BCUT2D eigenvalue weighted by molar-refractivity contribution is 0.0306. The highest BCUT2D eigenvalue weighted by Gasteiger charge is 2.22. The number of hydrogen-bond donors (Lipinski definition) is 2. The molecule has 1 saturated heterocycles. The third kappa shape index (κ3) is 3.68. The molecule has 1 aliphatic rings. The Kier molecular flexibility index (Phi) is 4.84. The van der Waals surface area contributed by atoms with Gasteiger partial charge < -0.3 is 20.6 Å². The number of nitrogens with zero attached hydrogens (tertiary/aromatic N) is 2. The van der Waals surface area contributed by atoms with E-state index in [1.807, 2.05) is 0 Å². The molecule has 0 radical (unpaired) electrons. The van der Waals surface area contributed by atoms with Crippen molar-refractivity contribution in [3.05, 3.63) is 0 Å². The van der Waals surface area contributed by atoms with E-state index >= 15 is 0 Å². The SMILES string of the molecule is COC1CCN(C(C)CC(N)=NO)CC1. The fraction of sp³-hybridized carbons (Fsp3) is 0.900. The molecule has 0 aliphatic carbocycles. The van der Waals surface area contributed by atoms with Gasteiger partial charge in [0.1, 0.15) is 5.84 Å². The lowest BCUT2D eigenvalue weighted by atomic mass is 10.0. The van der Waals surface area contributed by atoms with E-state index in [1.165, 1.54) is 0 Å². The summed E-state index contributed by atoms with van der Waals surface area (Å²) in [5.41, 5.74) is 5.48. The van der Waals surface area contributed by atoms with Gasteiger partial charge in [-0.25, -0.2) is 0 Å². The van der Waals surface area contributed by atoms with Crippen LogP contribution in [0.25, 0.3) is 0 Å². The Hall–Kier alpha value is -0.810. The summed E-state index contributed by atoms with van der Waals surface area (Å²) >= 11 is 0. The summed E-state index contributed by atoms with van der Waals surface area (Å²) in [4.78, 5) is 2.35. The van der Waals surface area contributed by atoms with Gasteiger partial charge in [0.2, 0.25) is 0 Å². The number of hydrogen-bond acceptors (Lipinski definition) is 4. The molecule has 1 heterocycles. The van der Waals surface area contributed by atoms with Gasteiger partial charge >= 0.3 is 0 Å². The molecule has 0 aromatic carbocycles. The summed E-state index contributed by atoms with van der Waals surface area (Å²) in [5.74, 6) is 0.302. The third-order valence-corrected chi connectivity index (χ3v) is 3.07. The van der Waals surface area contributed by atoms with E-state index in [2.05, 4.69) is 17.0 Å². The van der Waals surface area contributed by atoms with Crippen LogP contribution in [-0.4, -0.2) is 48.3 Å². The van der Waals surface area contributed by atoms with Crippen molar-refractivity contribution in [2.75, 3.05) is 20.2 Å². The van der Waals surface area contributed by atoms with Crippen molar-refractivity contribution < 1.29 is 9.94 Å².